The first-order chi connectivity index (χ1) is 37.1. The van der Waals surface area contributed by atoms with Gasteiger partial charge in [-0.25, -0.2) is 4.79 Å². The molecule has 1 saturated heterocycles. The highest BCUT2D eigenvalue weighted by molar-refractivity contribution is 6.07. The molecule has 79 heavy (non-hydrogen) atoms. The van der Waals surface area contributed by atoms with Gasteiger partial charge in [-0.05, 0) is 80.8 Å². The molecule has 6 N–H and O–H groups in total. The van der Waals surface area contributed by atoms with Gasteiger partial charge in [0, 0.05) is 75.3 Å². The molecule has 21 heteroatoms. The lowest BCUT2D eigenvalue weighted by Gasteiger charge is -2.36. The number of aliphatic hydroxyl groups excluding tert-OH is 1. The van der Waals surface area contributed by atoms with Crippen LogP contribution in [-0.4, -0.2) is 205 Å². The number of hydrogen-bond donors (Lipinski definition) is 6. The highest BCUT2D eigenvalue weighted by Crippen LogP contribution is 2.20. The van der Waals surface area contributed by atoms with E-state index in [2.05, 4.69) is 26.6 Å². The standard InChI is InChI=1S/C58H93N11O10/c1-37(2)30-45(66(12)49(72)36-59-48(65(11)41(8)71)34-43-26-20-16-21-27-43)52(73)61-44(33-42-24-18-15-19-25-42)35-60-58(79)68(14)47(32-39(5)6)55(76)67(13)46(31-38(3)4)53(74)62-50(40(7)70)54(75)63-51(56(77)64(9)10)57(78)69-28-22-17-23-29-69/h15-16,18-21,24-27,37-40,44-48,50-51,59,70H,17,22-23,28-36H2,1-14H3,(H,60,79)(H,61,73)(H,62,74)(H,63,75)/t40-,44+,45+,46+,47+,48+,50+,51+/m1/s1. The molecule has 3 rings (SSSR count). The van der Waals surface area contributed by atoms with Crippen LogP contribution in [0.15, 0.2) is 60.7 Å². The maximum atomic E-state index is 14.8. The minimum absolute atomic E-state index is 0.00687. The van der Waals surface area contributed by atoms with Gasteiger partial charge in [0.05, 0.1) is 24.9 Å². The Kier molecular flexibility index (Phi) is 27.4. The van der Waals surface area contributed by atoms with Crippen LogP contribution in [-0.2, 0) is 51.2 Å². The Morgan fingerprint density at radius 1 is 0.570 bits per heavy atom. The van der Waals surface area contributed by atoms with Gasteiger partial charge >= 0.3 is 6.03 Å². The third-order valence-electron chi connectivity index (χ3n) is 14.3. The van der Waals surface area contributed by atoms with Gasteiger partial charge in [-0.15, -0.1) is 0 Å². The molecule has 1 aliphatic rings. The summed E-state index contributed by atoms with van der Waals surface area (Å²) in [6.07, 6.45) is 1.84. The Morgan fingerprint density at radius 2 is 1.06 bits per heavy atom. The minimum Gasteiger partial charge on any atom is -0.391 e. The second-order valence-electron chi connectivity index (χ2n) is 22.6. The van der Waals surface area contributed by atoms with Gasteiger partial charge in [-0.1, -0.05) is 102 Å². The first-order valence-corrected chi connectivity index (χ1v) is 27.8. The molecule has 0 saturated carbocycles. The molecule has 8 atom stereocenters. The van der Waals surface area contributed by atoms with E-state index in [-0.39, 0.29) is 55.5 Å². The quantitative estimate of drug-likeness (QED) is 0.0510. The highest BCUT2D eigenvalue weighted by Gasteiger charge is 2.40. The van der Waals surface area contributed by atoms with E-state index in [1.807, 2.05) is 102 Å². The van der Waals surface area contributed by atoms with Crippen molar-refractivity contribution in [2.45, 2.75) is 155 Å². The van der Waals surface area contributed by atoms with Crippen LogP contribution in [0.4, 0.5) is 4.79 Å². The van der Waals surface area contributed by atoms with Crippen LogP contribution in [0, 0.1) is 17.8 Å². The Morgan fingerprint density at radius 3 is 1.56 bits per heavy atom. The smallest absolute Gasteiger partial charge is 0.317 e. The van der Waals surface area contributed by atoms with Crippen LogP contribution in [0.2, 0.25) is 0 Å². The zero-order chi connectivity index (χ0) is 59.3. The minimum atomic E-state index is -1.62. The fraction of sp³-hybridized carbons (Fsp3) is 0.638. The lowest BCUT2D eigenvalue weighted by Crippen LogP contribution is -2.63. The molecule has 0 aromatic heterocycles. The number of likely N-dealkylation sites (N-methyl/N-ethyl adjacent to an activating group) is 5. The number of nitrogens with zero attached hydrogens (tertiary/aromatic N) is 6. The first-order valence-electron chi connectivity index (χ1n) is 27.8. The van der Waals surface area contributed by atoms with E-state index in [9.17, 15) is 48.3 Å². The lowest BCUT2D eigenvalue weighted by atomic mass is 9.97. The molecule has 0 radical (unpaired) electrons. The van der Waals surface area contributed by atoms with Crippen molar-refractivity contribution in [3.63, 3.8) is 0 Å². The number of carbonyl (C=O) groups excluding carboxylic acids is 9. The number of amides is 10. The Labute approximate surface area is 469 Å². The maximum absolute atomic E-state index is 14.8. The highest BCUT2D eigenvalue weighted by atomic mass is 16.3. The molecule has 0 unspecified atom stereocenters. The Hall–Kier alpha value is -6.61. The van der Waals surface area contributed by atoms with Crippen molar-refractivity contribution in [1.82, 2.24) is 56.0 Å². The van der Waals surface area contributed by atoms with Gasteiger partial charge in [-0.2, -0.15) is 0 Å². The number of aliphatic hydroxyl groups is 1. The van der Waals surface area contributed by atoms with Crippen molar-refractivity contribution in [3.8, 4) is 0 Å². The Balaban J connectivity index is 1.85. The van der Waals surface area contributed by atoms with Crippen molar-refractivity contribution in [1.29, 1.82) is 0 Å². The molecule has 0 spiro atoms. The number of hydrogen-bond acceptors (Lipinski definition) is 11. The first kappa shape index (κ1) is 66.7. The van der Waals surface area contributed by atoms with Gasteiger partial charge in [0.1, 0.15) is 24.2 Å². The lowest BCUT2D eigenvalue weighted by molar-refractivity contribution is -0.148. The van der Waals surface area contributed by atoms with E-state index >= 15 is 0 Å². The van der Waals surface area contributed by atoms with Crippen LogP contribution in [0.25, 0.3) is 0 Å². The van der Waals surface area contributed by atoms with E-state index in [1.54, 1.807) is 14.1 Å². The topological polar surface area (TPSA) is 253 Å². The van der Waals surface area contributed by atoms with Gasteiger partial charge in [0.2, 0.25) is 35.4 Å². The number of urea groups is 1. The summed E-state index contributed by atoms with van der Waals surface area (Å²) in [6.45, 7) is 14.8. The fourth-order valence-corrected chi connectivity index (χ4v) is 9.46. The van der Waals surface area contributed by atoms with Gasteiger partial charge in [0.25, 0.3) is 11.8 Å². The number of rotatable bonds is 29. The molecule has 0 bridgehead atoms. The van der Waals surface area contributed by atoms with Crippen molar-refractivity contribution in [3.05, 3.63) is 71.8 Å². The van der Waals surface area contributed by atoms with Gasteiger partial charge < -0.3 is 55.8 Å². The second kappa shape index (κ2) is 32.5. The zero-order valence-electron chi connectivity index (χ0n) is 49.4. The summed E-state index contributed by atoms with van der Waals surface area (Å²) in [5, 5.41) is 25.2. The number of likely N-dealkylation sites (tertiary alicyclic amines) is 1. The average molecular weight is 1100 g/mol. The molecule has 1 aliphatic heterocycles. The third kappa shape index (κ3) is 21.2. The van der Waals surface area contributed by atoms with E-state index in [0.29, 0.717) is 32.4 Å². The second-order valence-corrected chi connectivity index (χ2v) is 22.6. The SMILES string of the molecule is CC(=O)N(C)[C@@H](Cc1ccccc1)NCC(=O)N(C)[C@@H](CC(C)C)C(=O)N[C@H](CNC(=O)N(C)[C@@H](CC(C)C)C(=O)N(C)[C@@H](CC(C)C)C(=O)N[C@H](C(=O)N[C@@H](C(=O)N(C)C)C(=O)N1CCCCC1)[C@@H](C)O)Cc1ccccc1. The van der Waals surface area contributed by atoms with E-state index in [0.717, 1.165) is 30.4 Å². The fourth-order valence-electron chi connectivity index (χ4n) is 9.46. The average Bonchev–Trinajstić information content (AvgIpc) is 3.42. The molecular formula is C58H93N11O10. The van der Waals surface area contributed by atoms with Crippen molar-refractivity contribution < 1.29 is 48.3 Å². The van der Waals surface area contributed by atoms with Gasteiger partial charge in [-0.3, -0.25) is 43.7 Å². The predicted octanol–water partition coefficient (Wildman–Crippen LogP) is 2.60. The normalized spacial score (nSPS) is 15.5. The summed E-state index contributed by atoms with van der Waals surface area (Å²) in [5.41, 5.74) is 1.84. The summed E-state index contributed by atoms with van der Waals surface area (Å²) >= 11 is 0. The Bertz CT molecular complexity index is 2310. The molecule has 21 nitrogen and oxygen atoms in total. The molecule has 2 aromatic carbocycles. The van der Waals surface area contributed by atoms with Crippen LogP contribution in [0.3, 0.4) is 0 Å². The number of nitrogens with one attached hydrogen (secondary N) is 5. The van der Waals surface area contributed by atoms with Crippen LogP contribution < -0.4 is 26.6 Å². The number of benzene rings is 2. The summed E-state index contributed by atoms with van der Waals surface area (Å²) in [4.78, 5) is 133. The van der Waals surface area contributed by atoms with Crippen molar-refractivity contribution in [2.75, 3.05) is 68.5 Å². The van der Waals surface area contributed by atoms with E-state index < -0.39 is 90.0 Å². The van der Waals surface area contributed by atoms with Crippen LogP contribution in [0.1, 0.15) is 105 Å². The van der Waals surface area contributed by atoms with Crippen LogP contribution in [0.5, 0.6) is 0 Å². The molecule has 440 valence electrons. The predicted molar refractivity (Wildman–Crippen MR) is 304 cm³/mol. The summed E-state index contributed by atoms with van der Waals surface area (Å²) in [5.74, 6) is -4.79. The van der Waals surface area contributed by atoms with Crippen molar-refractivity contribution in [2.24, 2.45) is 17.8 Å². The summed E-state index contributed by atoms with van der Waals surface area (Å²) in [7, 11) is 9.07. The monoisotopic (exact) mass is 1100 g/mol. The van der Waals surface area contributed by atoms with E-state index in [1.165, 1.54) is 71.4 Å². The summed E-state index contributed by atoms with van der Waals surface area (Å²) < 4.78 is 0. The zero-order valence-corrected chi connectivity index (χ0v) is 49.4. The third-order valence-corrected chi connectivity index (χ3v) is 14.3. The molecular weight excluding hydrogens is 1010 g/mol. The number of piperidine rings is 1. The molecule has 1 fully saturated rings. The summed E-state index contributed by atoms with van der Waals surface area (Å²) in [6, 6.07) is 11.3. The van der Waals surface area contributed by atoms with Crippen molar-refractivity contribution >= 4 is 53.3 Å². The number of carbonyl (C=O) groups is 9. The molecule has 0 aliphatic carbocycles. The van der Waals surface area contributed by atoms with Gasteiger partial charge in [0.15, 0.2) is 6.04 Å². The maximum Gasteiger partial charge on any atom is 0.317 e. The molecule has 10 amide bonds. The van der Waals surface area contributed by atoms with Crippen LogP contribution >= 0.6 is 0 Å². The largest absolute Gasteiger partial charge is 0.391 e. The molecule has 2 aromatic rings. The molecule has 1 heterocycles. The van der Waals surface area contributed by atoms with E-state index in [4.69, 9.17) is 0 Å².